The Labute approximate surface area is 173 Å². The van der Waals surface area contributed by atoms with Crippen LogP contribution in [0.2, 0.25) is 5.02 Å². The number of benzene rings is 3. The molecule has 0 atom stereocenters. The third-order valence-corrected chi connectivity index (χ3v) is 4.40. The summed E-state index contributed by atoms with van der Waals surface area (Å²) in [6, 6.07) is 22.7. The van der Waals surface area contributed by atoms with Gasteiger partial charge in [-0.2, -0.15) is 0 Å². The molecule has 0 bridgehead atoms. The van der Waals surface area contributed by atoms with E-state index < -0.39 is 11.9 Å². The van der Waals surface area contributed by atoms with Gasteiger partial charge in [-0.3, -0.25) is 4.79 Å². The maximum atomic E-state index is 12.3. The molecule has 0 saturated heterocycles. The second kappa shape index (κ2) is 9.57. The summed E-state index contributed by atoms with van der Waals surface area (Å²) in [5.74, 6) is -1.18. The molecule has 29 heavy (non-hydrogen) atoms. The summed E-state index contributed by atoms with van der Waals surface area (Å²) in [7, 11) is 0. The number of hydrogen-bond donors (Lipinski definition) is 2. The van der Waals surface area contributed by atoms with Gasteiger partial charge >= 0.3 is 5.97 Å². The Kier molecular flexibility index (Phi) is 6.66. The van der Waals surface area contributed by atoms with Crippen molar-refractivity contribution in [2.75, 3.05) is 0 Å². The van der Waals surface area contributed by atoms with Gasteiger partial charge in [-0.15, -0.1) is 0 Å². The summed E-state index contributed by atoms with van der Waals surface area (Å²) in [6.07, 6.45) is 1.38. The van der Waals surface area contributed by atoms with Crippen molar-refractivity contribution >= 4 is 29.6 Å². The van der Waals surface area contributed by atoms with E-state index in [0.717, 1.165) is 5.56 Å². The second-order valence-corrected chi connectivity index (χ2v) is 6.54. The zero-order chi connectivity index (χ0) is 20.6. The number of carboxylic acid groups (broad SMARTS) is 1. The molecule has 3 rings (SSSR count). The Bertz CT molecular complexity index is 1050. The second-order valence-electron chi connectivity index (χ2n) is 6.14. The number of carboxylic acids is 1. The summed E-state index contributed by atoms with van der Waals surface area (Å²) in [6.45, 7) is 0.281. The van der Waals surface area contributed by atoms with Crippen molar-refractivity contribution in [3.05, 3.63) is 106 Å². The number of rotatable bonds is 7. The first kappa shape index (κ1) is 20.2. The minimum absolute atomic E-state index is 0.234. The Morgan fingerprint density at radius 1 is 0.966 bits per heavy atom. The molecular weight excluding hydrogens is 390 g/mol. The summed E-state index contributed by atoms with van der Waals surface area (Å²) >= 11 is 6.13. The van der Waals surface area contributed by atoms with Gasteiger partial charge in [0.2, 0.25) is 0 Å². The molecule has 5 nitrogen and oxygen atoms in total. The molecule has 0 heterocycles. The minimum atomic E-state index is -1.24. The lowest BCUT2D eigenvalue weighted by Crippen LogP contribution is -2.27. The van der Waals surface area contributed by atoms with Gasteiger partial charge < -0.3 is 15.2 Å². The van der Waals surface area contributed by atoms with Crippen molar-refractivity contribution in [1.29, 1.82) is 0 Å². The topological polar surface area (TPSA) is 75.6 Å². The molecule has 0 aliphatic rings. The van der Waals surface area contributed by atoms with E-state index in [1.54, 1.807) is 60.7 Å². The van der Waals surface area contributed by atoms with Crippen molar-refractivity contribution in [2.45, 2.75) is 6.61 Å². The van der Waals surface area contributed by atoms with E-state index in [1.165, 1.54) is 6.08 Å². The Morgan fingerprint density at radius 2 is 1.69 bits per heavy atom. The number of halogens is 1. The van der Waals surface area contributed by atoms with Crippen LogP contribution in [-0.2, 0) is 11.4 Å². The zero-order valence-electron chi connectivity index (χ0n) is 15.3. The van der Waals surface area contributed by atoms with Crippen LogP contribution in [0.3, 0.4) is 0 Å². The predicted molar refractivity (Wildman–Crippen MR) is 112 cm³/mol. The van der Waals surface area contributed by atoms with Crippen molar-refractivity contribution < 1.29 is 19.4 Å². The Hall–Kier alpha value is -3.57. The van der Waals surface area contributed by atoms with Crippen molar-refractivity contribution in [1.82, 2.24) is 5.32 Å². The van der Waals surface area contributed by atoms with Crippen molar-refractivity contribution in [3.63, 3.8) is 0 Å². The monoisotopic (exact) mass is 407 g/mol. The highest BCUT2D eigenvalue weighted by atomic mass is 35.5. The summed E-state index contributed by atoms with van der Waals surface area (Å²) in [5.41, 5.74) is 1.56. The number of aliphatic carboxylic acids is 1. The van der Waals surface area contributed by atoms with Gasteiger partial charge in [0, 0.05) is 16.1 Å². The molecule has 0 aliphatic heterocycles. The molecule has 3 aromatic rings. The third kappa shape index (κ3) is 5.70. The normalized spacial score (nSPS) is 11.0. The highest BCUT2D eigenvalue weighted by Gasteiger charge is 2.13. The summed E-state index contributed by atoms with van der Waals surface area (Å²) < 4.78 is 5.76. The lowest BCUT2D eigenvalue weighted by molar-refractivity contribution is -0.132. The van der Waals surface area contributed by atoms with E-state index in [9.17, 15) is 14.7 Å². The van der Waals surface area contributed by atoms with Gasteiger partial charge in [0.15, 0.2) is 0 Å². The standard InChI is InChI=1S/C23H18ClNO4/c24-20-12-5-4-10-18(20)15-29-19-11-6-7-16(13-19)14-21(23(27)28)25-22(26)17-8-2-1-3-9-17/h1-14H,15H2,(H,25,26)(H,27,28)/b21-14-. The highest BCUT2D eigenvalue weighted by Crippen LogP contribution is 2.20. The first-order valence-electron chi connectivity index (χ1n) is 8.80. The maximum Gasteiger partial charge on any atom is 0.352 e. The van der Waals surface area contributed by atoms with Crippen LogP contribution in [0.5, 0.6) is 5.75 Å². The molecule has 0 aromatic heterocycles. The average molecular weight is 408 g/mol. The van der Waals surface area contributed by atoms with Crippen LogP contribution in [0.4, 0.5) is 0 Å². The van der Waals surface area contributed by atoms with E-state index in [2.05, 4.69) is 5.32 Å². The largest absolute Gasteiger partial charge is 0.489 e. The van der Waals surface area contributed by atoms with Crippen LogP contribution < -0.4 is 10.1 Å². The number of amides is 1. The molecule has 6 heteroatoms. The number of ether oxygens (including phenoxy) is 1. The predicted octanol–water partition coefficient (Wildman–Crippen LogP) is 4.77. The average Bonchev–Trinajstić information content (AvgIpc) is 2.73. The van der Waals surface area contributed by atoms with Crippen LogP contribution in [0.15, 0.2) is 84.6 Å². The molecule has 0 saturated carbocycles. The Balaban J connectivity index is 1.75. The summed E-state index contributed by atoms with van der Waals surface area (Å²) in [4.78, 5) is 23.8. The highest BCUT2D eigenvalue weighted by molar-refractivity contribution is 6.31. The first-order chi connectivity index (χ1) is 14.0. The van der Waals surface area contributed by atoms with Crippen LogP contribution in [-0.4, -0.2) is 17.0 Å². The quantitative estimate of drug-likeness (QED) is 0.553. The smallest absolute Gasteiger partial charge is 0.352 e. The number of carbonyl (C=O) groups excluding carboxylic acids is 1. The minimum Gasteiger partial charge on any atom is -0.489 e. The van der Waals surface area contributed by atoms with Crippen LogP contribution in [0, 0.1) is 0 Å². The van der Waals surface area contributed by atoms with E-state index in [1.807, 2.05) is 18.2 Å². The molecule has 0 aliphatic carbocycles. The molecule has 146 valence electrons. The lowest BCUT2D eigenvalue weighted by Gasteiger charge is -2.09. The number of hydrogen-bond acceptors (Lipinski definition) is 3. The molecule has 2 N–H and O–H groups in total. The van der Waals surface area contributed by atoms with Gasteiger partial charge in [0.05, 0.1) is 0 Å². The van der Waals surface area contributed by atoms with Crippen LogP contribution >= 0.6 is 11.6 Å². The molecule has 3 aromatic carbocycles. The lowest BCUT2D eigenvalue weighted by atomic mass is 10.1. The van der Waals surface area contributed by atoms with Gasteiger partial charge in [0.1, 0.15) is 18.1 Å². The van der Waals surface area contributed by atoms with Gasteiger partial charge in [0.25, 0.3) is 5.91 Å². The third-order valence-electron chi connectivity index (χ3n) is 4.04. The molecule has 0 unspecified atom stereocenters. The van der Waals surface area contributed by atoms with E-state index >= 15 is 0 Å². The molecule has 0 fully saturated rings. The SMILES string of the molecule is O=C(O)/C(=C/c1cccc(OCc2ccccc2Cl)c1)NC(=O)c1ccccc1. The fourth-order valence-electron chi connectivity index (χ4n) is 2.57. The first-order valence-corrected chi connectivity index (χ1v) is 9.18. The van der Waals surface area contributed by atoms with Crippen molar-refractivity contribution in [3.8, 4) is 5.75 Å². The number of nitrogens with one attached hydrogen (secondary N) is 1. The Morgan fingerprint density at radius 3 is 2.41 bits per heavy atom. The van der Waals surface area contributed by atoms with E-state index in [-0.39, 0.29) is 12.3 Å². The van der Waals surface area contributed by atoms with E-state index in [0.29, 0.717) is 21.9 Å². The fourth-order valence-corrected chi connectivity index (χ4v) is 2.76. The fraction of sp³-hybridized carbons (Fsp3) is 0.0435. The molecule has 0 radical (unpaired) electrons. The van der Waals surface area contributed by atoms with Gasteiger partial charge in [-0.1, -0.05) is 60.1 Å². The van der Waals surface area contributed by atoms with Crippen LogP contribution in [0.1, 0.15) is 21.5 Å². The zero-order valence-corrected chi connectivity index (χ0v) is 16.1. The van der Waals surface area contributed by atoms with Crippen molar-refractivity contribution in [2.24, 2.45) is 0 Å². The van der Waals surface area contributed by atoms with Gasteiger partial charge in [-0.25, -0.2) is 4.79 Å². The number of carbonyl (C=O) groups is 2. The maximum absolute atomic E-state index is 12.3. The molecular formula is C23H18ClNO4. The van der Waals surface area contributed by atoms with Gasteiger partial charge in [-0.05, 0) is 42.0 Å². The van der Waals surface area contributed by atoms with Crippen LogP contribution in [0.25, 0.3) is 6.08 Å². The summed E-state index contributed by atoms with van der Waals surface area (Å²) in [5, 5.41) is 12.5. The van der Waals surface area contributed by atoms with E-state index in [4.69, 9.17) is 16.3 Å². The molecule has 0 spiro atoms. The molecule has 1 amide bonds.